The summed E-state index contributed by atoms with van der Waals surface area (Å²) in [4.78, 5) is 2.35. The lowest BCUT2D eigenvalue weighted by Crippen LogP contribution is -2.42. The Morgan fingerprint density at radius 1 is 1.07 bits per heavy atom. The summed E-state index contributed by atoms with van der Waals surface area (Å²) in [5, 5.41) is 3.35. The third-order valence-corrected chi connectivity index (χ3v) is 4.41. The zero-order chi connectivity index (χ0) is 22.7. The van der Waals surface area contributed by atoms with Crippen LogP contribution >= 0.6 is 0 Å². The SMILES string of the molecule is C=C(/C=C(\C)C(C)(C)C)N1CCNCC1.CC.Cc1ccc(OC(C)(F)F)cc1. The molecule has 0 aliphatic carbocycles. The van der Waals surface area contributed by atoms with Crippen molar-refractivity contribution >= 4 is 0 Å². The average molecular weight is 411 g/mol. The van der Waals surface area contributed by atoms with E-state index in [4.69, 9.17) is 0 Å². The number of piperazine rings is 1. The fourth-order valence-electron chi connectivity index (χ4n) is 2.32. The number of rotatable bonds is 4. The van der Waals surface area contributed by atoms with Gasteiger partial charge in [-0.2, -0.15) is 8.78 Å². The number of nitrogens with zero attached hydrogens (tertiary/aromatic N) is 1. The number of nitrogens with one attached hydrogen (secondary N) is 1. The van der Waals surface area contributed by atoms with E-state index in [1.54, 1.807) is 12.1 Å². The fraction of sp³-hybridized carbons (Fsp3) is 0.583. The highest BCUT2D eigenvalue weighted by molar-refractivity contribution is 5.26. The molecule has 0 bridgehead atoms. The third-order valence-electron chi connectivity index (χ3n) is 4.41. The van der Waals surface area contributed by atoms with Gasteiger partial charge in [0.2, 0.25) is 0 Å². The normalized spacial score (nSPS) is 14.8. The Labute approximate surface area is 176 Å². The van der Waals surface area contributed by atoms with Crippen molar-refractivity contribution in [2.75, 3.05) is 26.2 Å². The summed E-state index contributed by atoms with van der Waals surface area (Å²) >= 11 is 0. The maximum Gasteiger partial charge on any atom is 0.394 e. The molecule has 0 atom stereocenters. The molecule has 1 aliphatic rings. The molecule has 0 unspecified atom stereocenters. The number of halogens is 2. The topological polar surface area (TPSA) is 24.5 Å². The molecule has 0 spiro atoms. The van der Waals surface area contributed by atoms with Crippen molar-refractivity contribution in [1.29, 1.82) is 0 Å². The molecule has 1 aromatic rings. The summed E-state index contributed by atoms with van der Waals surface area (Å²) in [5.41, 5.74) is 3.81. The van der Waals surface area contributed by atoms with Crippen molar-refractivity contribution in [3.05, 3.63) is 53.8 Å². The molecule has 1 aromatic carbocycles. The fourth-order valence-corrected chi connectivity index (χ4v) is 2.32. The van der Waals surface area contributed by atoms with Gasteiger partial charge in [-0.3, -0.25) is 0 Å². The van der Waals surface area contributed by atoms with E-state index in [9.17, 15) is 8.78 Å². The van der Waals surface area contributed by atoms with Crippen LogP contribution in [-0.2, 0) is 0 Å². The van der Waals surface area contributed by atoms with Crippen molar-refractivity contribution in [3.63, 3.8) is 0 Å². The first kappa shape index (κ1) is 27.1. The lowest BCUT2D eigenvalue weighted by atomic mass is 9.87. The smallest absolute Gasteiger partial charge is 0.394 e. The van der Waals surface area contributed by atoms with Crippen LogP contribution in [0.5, 0.6) is 5.75 Å². The van der Waals surface area contributed by atoms with Crippen LogP contribution in [0.1, 0.15) is 54.0 Å². The number of hydrogen-bond acceptors (Lipinski definition) is 3. The molecular formula is C24H40F2N2O. The van der Waals surface area contributed by atoms with Crippen LogP contribution in [-0.4, -0.2) is 37.2 Å². The number of alkyl halides is 2. The highest BCUT2D eigenvalue weighted by Crippen LogP contribution is 2.26. The van der Waals surface area contributed by atoms with E-state index < -0.39 is 6.11 Å². The van der Waals surface area contributed by atoms with Crippen molar-refractivity contribution in [2.24, 2.45) is 5.41 Å². The van der Waals surface area contributed by atoms with E-state index in [0.717, 1.165) is 37.4 Å². The van der Waals surface area contributed by atoms with Gasteiger partial charge in [-0.05, 0) is 37.5 Å². The van der Waals surface area contributed by atoms with Crippen LogP contribution in [0.3, 0.4) is 0 Å². The minimum absolute atomic E-state index is 0.188. The minimum atomic E-state index is -3.10. The molecule has 5 heteroatoms. The molecule has 3 nitrogen and oxygen atoms in total. The Hall–Kier alpha value is -1.88. The molecule has 166 valence electrons. The van der Waals surface area contributed by atoms with Gasteiger partial charge >= 0.3 is 6.11 Å². The molecular weight excluding hydrogens is 370 g/mol. The van der Waals surface area contributed by atoms with Gasteiger partial charge in [0.1, 0.15) is 5.75 Å². The number of allylic oxidation sites excluding steroid dienone is 2. The van der Waals surface area contributed by atoms with Gasteiger partial charge in [0.05, 0.1) is 0 Å². The maximum absolute atomic E-state index is 12.3. The lowest BCUT2D eigenvalue weighted by Gasteiger charge is -2.31. The van der Waals surface area contributed by atoms with Gasteiger partial charge in [0, 0.05) is 38.8 Å². The van der Waals surface area contributed by atoms with Crippen LogP contribution in [0.2, 0.25) is 0 Å². The van der Waals surface area contributed by atoms with E-state index in [1.807, 2.05) is 20.8 Å². The molecule has 1 saturated heterocycles. The second-order valence-corrected chi connectivity index (χ2v) is 8.03. The van der Waals surface area contributed by atoms with Gasteiger partial charge in [-0.25, -0.2) is 0 Å². The Kier molecular flexibility index (Phi) is 11.8. The predicted molar refractivity (Wildman–Crippen MR) is 121 cm³/mol. The van der Waals surface area contributed by atoms with E-state index in [0.29, 0.717) is 6.92 Å². The second kappa shape index (κ2) is 12.6. The monoisotopic (exact) mass is 410 g/mol. The van der Waals surface area contributed by atoms with Gasteiger partial charge in [0.25, 0.3) is 0 Å². The first-order valence-electron chi connectivity index (χ1n) is 10.4. The highest BCUT2D eigenvalue weighted by atomic mass is 19.3. The van der Waals surface area contributed by atoms with Crippen molar-refractivity contribution < 1.29 is 13.5 Å². The maximum atomic E-state index is 12.3. The third kappa shape index (κ3) is 12.3. The van der Waals surface area contributed by atoms with Crippen LogP contribution in [0.15, 0.2) is 48.2 Å². The Balaban J connectivity index is 0.000000508. The van der Waals surface area contributed by atoms with Crippen molar-refractivity contribution in [2.45, 2.75) is 61.5 Å². The highest BCUT2D eigenvalue weighted by Gasteiger charge is 2.22. The molecule has 1 N–H and O–H groups in total. The zero-order valence-electron chi connectivity index (χ0n) is 19.5. The molecule has 0 amide bonds. The standard InChI is InChI=1S/C13H24N2.C9H10F2O.C2H6/c1-11(13(3,4)5)10-12(2)15-8-6-14-7-9-15;1-7-3-5-8(6-4-7)12-9(2,10)11;1-2/h10,14H,2,6-9H2,1,3-5H3;3-6H,1-2H3;1-2H3/b11-10+;;. The van der Waals surface area contributed by atoms with Crippen LogP contribution in [0.4, 0.5) is 8.78 Å². The van der Waals surface area contributed by atoms with Crippen LogP contribution in [0.25, 0.3) is 0 Å². The summed E-state index contributed by atoms with van der Waals surface area (Å²) in [5.74, 6) is 0.188. The Bertz CT molecular complexity index is 620. The Morgan fingerprint density at radius 2 is 1.55 bits per heavy atom. The van der Waals surface area contributed by atoms with E-state index in [1.165, 1.54) is 17.7 Å². The second-order valence-electron chi connectivity index (χ2n) is 8.03. The molecule has 29 heavy (non-hydrogen) atoms. The average Bonchev–Trinajstić information content (AvgIpc) is 2.64. The van der Waals surface area contributed by atoms with Crippen LogP contribution < -0.4 is 10.1 Å². The molecule has 1 aliphatic heterocycles. The first-order chi connectivity index (χ1) is 13.4. The summed E-state index contributed by atoms with van der Waals surface area (Å²) in [6, 6.07) is 6.49. The van der Waals surface area contributed by atoms with E-state index in [-0.39, 0.29) is 11.2 Å². The molecule has 0 aromatic heterocycles. The lowest BCUT2D eigenvalue weighted by molar-refractivity contribution is -0.158. The quantitative estimate of drug-likeness (QED) is 0.580. The van der Waals surface area contributed by atoms with E-state index in [2.05, 4.69) is 55.3 Å². The number of benzene rings is 1. The number of aryl methyl sites for hydroxylation is 1. The van der Waals surface area contributed by atoms with Gasteiger partial charge in [-0.15, -0.1) is 0 Å². The first-order valence-corrected chi connectivity index (χ1v) is 10.4. The van der Waals surface area contributed by atoms with Gasteiger partial charge < -0.3 is 15.0 Å². The predicted octanol–water partition coefficient (Wildman–Crippen LogP) is 6.41. The summed E-state index contributed by atoms with van der Waals surface area (Å²) in [6.45, 7) is 24.0. The van der Waals surface area contributed by atoms with Gasteiger partial charge in [0.15, 0.2) is 0 Å². The Morgan fingerprint density at radius 3 is 1.97 bits per heavy atom. The van der Waals surface area contributed by atoms with Crippen molar-refractivity contribution in [3.8, 4) is 5.75 Å². The largest absolute Gasteiger partial charge is 0.433 e. The summed E-state index contributed by atoms with van der Waals surface area (Å²) in [6.07, 6.45) is -0.874. The summed E-state index contributed by atoms with van der Waals surface area (Å²) in [7, 11) is 0. The minimum Gasteiger partial charge on any atom is -0.433 e. The van der Waals surface area contributed by atoms with Crippen LogP contribution in [0, 0.1) is 12.3 Å². The molecule has 1 heterocycles. The molecule has 0 saturated carbocycles. The molecule has 1 fully saturated rings. The zero-order valence-corrected chi connectivity index (χ0v) is 19.5. The number of ether oxygens (including phenoxy) is 1. The molecule has 2 rings (SSSR count). The summed E-state index contributed by atoms with van der Waals surface area (Å²) < 4.78 is 28.9. The number of hydrogen-bond donors (Lipinski definition) is 1. The van der Waals surface area contributed by atoms with Gasteiger partial charge in [-0.1, -0.05) is 64.5 Å². The van der Waals surface area contributed by atoms with E-state index >= 15 is 0 Å². The molecule has 0 radical (unpaired) electrons. The van der Waals surface area contributed by atoms with Crippen molar-refractivity contribution in [1.82, 2.24) is 10.2 Å².